The van der Waals surface area contributed by atoms with E-state index in [0.29, 0.717) is 19.6 Å². The van der Waals surface area contributed by atoms with Gasteiger partial charge in [-0.2, -0.15) is 0 Å². The summed E-state index contributed by atoms with van der Waals surface area (Å²) in [6, 6.07) is 0.00706. The van der Waals surface area contributed by atoms with Crippen molar-refractivity contribution >= 4 is 15.7 Å². The largest absolute Gasteiger partial charge is 0.383 e. The third-order valence-corrected chi connectivity index (χ3v) is 6.33. The van der Waals surface area contributed by atoms with Gasteiger partial charge in [-0.1, -0.05) is 0 Å². The Bertz CT molecular complexity index is 544. The van der Waals surface area contributed by atoms with Crippen LogP contribution >= 0.6 is 0 Å². The molecule has 0 aliphatic carbocycles. The number of nitrogens with one attached hydrogen (secondary N) is 1. The van der Waals surface area contributed by atoms with Gasteiger partial charge in [-0.3, -0.25) is 14.6 Å². The highest BCUT2D eigenvalue weighted by Crippen LogP contribution is 2.26. The van der Waals surface area contributed by atoms with Crippen LogP contribution in [-0.4, -0.2) is 93.1 Å². The van der Waals surface area contributed by atoms with Crippen LogP contribution < -0.4 is 5.32 Å². The van der Waals surface area contributed by atoms with E-state index < -0.39 is 9.84 Å². The molecule has 2 rings (SSSR count). The topological polar surface area (TPSA) is 79.0 Å². The number of ether oxygens (including phenoxy) is 1. The van der Waals surface area contributed by atoms with Crippen molar-refractivity contribution in [1.82, 2.24) is 15.1 Å². The minimum Gasteiger partial charge on any atom is -0.383 e. The molecule has 2 saturated heterocycles. The van der Waals surface area contributed by atoms with Crippen LogP contribution in [0.3, 0.4) is 0 Å². The fourth-order valence-electron chi connectivity index (χ4n) is 3.59. The monoisotopic (exact) mass is 361 g/mol. The Morgan fingerprint density at radius 2 is 1.67 bits per heavy atom. The Labute approximate surface area is 145 Å². The molecule has 2 atom stereocenters. The Hall–Kier alpha value is -0.700. The molecule has 24 heavy (non-hydrogen) atoms. The van der Waals surface area contributed by atoms with Gasteiger partial charge in [0, 0.05) is 57.3 Å². The van der Waals surface area contributed by atoms with Crippen molar-refractivity contribution in [3.63, 3.8) is 0 Å². The Balaban J connectivity index is 1.96. The van der Waals surface area contributed by atoms with E-state index >= 15 is 0 Å². The molecule has 2 aliphatic rings. The van der Waals surface area contributed by atoms with Crippen LogP contribution in [0.5, 0.6) is 0 Å². The van der Waals surface area contributed by atoms with Crippen molar-refractivity contribution < 1.29 is 17.9 Å². The van der Waals surface area contributed by atoms with Gasteiger partial charge in [0.05, 0.1) is 18.1 Å². The molecule has 0 spiro atoms. The lowest BCUT2D eigenvalue weighted by Gasteiger charge is -2.43. The number of sulfone groups is 1. The van der Waals surface area contributed by atoms with Crippen LogP contribution in [-0.2, 0) is 19.4 Å². The van der Waals surface area contributed by atoms with E-state index in [1.807, 2.05) is 20.8 Å². The average molecular weight is 362 g/mol. The summed E-state index contributed by atoms with van der Waals surface area (Å²) in [5.41, 5.74) is -0.241. The fourth-order valence-corrected chi connectivity index (χ4v) is 5.63. The first kappa shape index (κ1) is 19.6. The van der Waals surface area contributed by atoms with Gasteiger partial charge in [0.15, 0.2) is 9.84 Å². The van der Waals surface area contributed by atoms with E-state index in [1.54, 1.807) is 7.11 Å². The lowest BCUT2D eigenvalue weighted by molar-refractivity contribution is -0.123. The summed E-state index contributed by atoms with van der Waals surface area (Å²) in [5.74, 6) is 0.426. The number of methoxy groups -OCH3 is 1. The van der Waals surface area contributed by atoms with Gasteiger partial charge in [-0.25, -0.2) is 8.42 Å². The SMILES string of the molecule is COCCN1CCN(CCC(=O)NC(C)(C)C)[C@H]2CS(=O)(=O)C[C@H]21. The first-order chi connectivity index (χ1) is 11.1. The summed E-state index contributed by atoms with van der Waals surface area (Å²) in [6.07, 6.45) is 0.401. The average Bonchev–Trinajstić information content (AvgIpc) is 2.76. The number of hydrogen-bond donors (Lipinski definition) is 1. The predicted molar refractivity (Wildman–Crippen MR) is 93.8 cm³/mol. The Kier molecular flexibility index (Phi) is 6.28. The van der Waals surface area contributed by atoms with Gasteiger partial charge < -0.3 is 10.1 Å². The molecule has 1 amide bonds. The first-order valence-electron chi connectivity index (χ1n) is 8.60. The summed E-state index contributed by atoms with van der Waals surface area (Å²) in [5, 5.41) is 2.96. The summed E-state index contributed by atoms with van der Waals surface area (Å²) < 4.78 is 29.4. The number of carbonyl (C=O) groups is 1. The van der Waals surface area contributed by atoms with Crippen molar-refractivity contribution in [1.29, 1.82) is 0 Å². The van der Waals surface area contributed by atoms with Crippen LogP contribution in [0, 0.1) is 0 Å². The van der Waals surface area contributed by atoms with Crippen LogP contribution in [0.15, 0.2) is 0 Å². The van der Waals surface area contributed by atoms with Crippen molar-refractivity contribution in [2.24, 2.45) is 0 Å². The maximum atomic E-state index is 12.1. The zero-order valence-electron chi connectivity index (χ0n) is 15.2. The molecule has 1 N–H and O–H groups in total. The highest BCUT2D eigenvalue weighted by Gasteiger charge is 2.46. The van der Waals surface area contributed by atoms with Crippen molar-refractivity contribution in [2.75, 3.05) is 51.4 Å². The molecule has 2 fully saturated rings. The lowest BCUT2D eigenvalue weighted by Crippen LogP contribution is -2.60. The van der Waals surface area contributed by atoms with E-state index in [-0.39, 0.29) is 35.0 Å². The zero-order valence-corrected chi connectivity index (χ0v) is 16.1. The lowest BCUT2D eigenvalue weighted by atomic mass is 10.0. The van der Waals surface area contributed by atoms with Crippen LogP contribution in [0.1, 0.15) is 27.2 Å². The van der Waals surface area contributed by atoms with E-state index in [2.05, 4.69) is 15.1 Å². The molecule has 2 aliphatic heterocycles. The normalized spacial score (nSPS) is 27.8. The second-order valence-corrected chi connectivity index (χ2v) is 9.98. The molecule has 2 heterocycles. The number of hydrogen-bond acceptors (Lipinski definition) is 6. The van der Waals surface area contributed by atoms with Crippen molar-refractivity contribution in [2.45, 2.75) is 44.8 Å². The molecular weight excluding hydrogens is 330 g/mol. The van der Waals surface area contributed by atoms with Crippen LogP contribution in [0.4, 0.5) is 0 Å². The molecule has 0 unspecified atom stereocenters. The van der Waals surface area contributed by atoms with E-state index in [9.17, 15) is 13.2 Å². The minimum absolute atomic E-state index is 0.0111. The Morgan fingerprint density at radius 1 is 1.12 bits per heavy atom. The van der Waals surface area contributed by atoms with Crippen molar-refractivity contribution in [3.8, 4) is 0 Å². The quantitative estimate of drug-likeness (QED) is 0.701. The number of rotatable bonds is 6. The number of fused-ring (bicyclic) bond motifs is 1. The fraction of sp³-hybridized carbons (Fsp3) is 0.938. The molecule has 0 aromatic rings. The number of carbonyl (C=O) groups excluding carboxylic acids is 1. The third kappa shape index (κ3) is 5.40. The molecule has 0 aromatic heterocycles. The molecular formula is C16H31N3O4S. The van der Waals surface area contributed by atoms with E-state index in [0.717, 1.165) is 19.6 Å². The summed E-state index contributed by atoms with van der Waals surface area (Å²) in [7, 11) is -1.35. The predicted octanol–water partition coefficient (Wildman–Crippen LogP) is -0.279. The van der Waals surface area contributed by atoms with Gasteiger partial charge in [0.25, 0.3) is 0 Å². The standard InChI is InChI=1S/C16H31N3O4S/c1-16(2,3)17-15(20)5-6-18-7-8-19(9-10-23-4)14-12-24(21,22)11-13(14)18/h13-14H,5-12H2,1-4H3,(H,17,20)/t13-,14+/m0/s1. The van der Waals surface area contributed by atoms with Crippen LogP contribution in [0.25, 0.3) is 0 Å². The highest BCUT2D eigenvalue weighted by atomic mass is 32.2. The molecule has 8 heteroatoms. The molecule has 0 aromatic carbocycles. The van der Waals surface area contributed by atoms with Gasteiger partial charge in [0.2, 0.25) is 5.91 Å². The second kappa shape index (κ2) is 7.68. The summed E-state index contributed by atoms with van der Waals surface area (Å²) in [4.78, 5) is 16.5. The maximum absolute atomic E-state index is 12.1. The first-order valence-corrected chi connectivity index (χ1v) is 10.4. The summed E-state index contributed by atoms with van der Waals surface area (Å²) in [6.45, 7) is 9.46. The maximum Gasteiger partial charge on any atom is 0.221 e. The van der Waals surface area contributed by atoms with Gasteiger partial charge in [0.1, 0.15) is 0 Å². The van der Waals surface area contributed by atoms with E-state index in [1.165, 1.54) is 0 Å². The molecule has 0 bridgehead atoms. The highest BCUT2D eigenvalue weighted by molar-refractivity contribution is 7.91. The minimum atomic E-state index is -3.01. The second-order valence-electron chi connectivity index (χ2n) is 7.82. The molecule has 140 valence electrons. The van der Waals surface area contributed by atoms with Gasteiger partial charge >= 0.3 is 0 Å². The number of nitrogens with zero attached hydrogens (tertiary/aromatic N) is 2. The van der Waals surface area contributed by atoms with Crippen LogP contribution in [0.2, 0.25) is 0 Å². The number of piperazine rings is 1. The summed E-state index contributed by atoms with van der Waals surface area (Å²) >= 11 is 0. The van der Waals surface area contributed by atoms with Gasteiger partial charge in [-0.15, -0.1) is 0 Å². The van der Waals surface area contributed by atoms with Crippen molar-refractivity contribution in [3.05, 3.63) is 0 Å². The Morgan fingerprint density at radius 3 is 2.17 bits per heavy atom. The zero-order chi connectivity index (χ0) is 18.0. The number of amides is 1. The molecule has 7 nitrogen and oxygen atoms in total. The molecule has 0 radical (unpaired) electrons. The third-order valence-electron chi connectivity index (χ3n) is 4.63. The van der Waals surface area contributed by atoms with E-state index in [4.69, 9.17) is 4.74 Å². The van der Waals surface area contributed by atoms with Gasteiger partial charge in [-0.05, 0) is 20.8 Å². The smallest absolute Gasteiger partial charge is 0.221 e. The molecule has 0 saturated carbocycles.